The zero-order valence-corrected chi connectivity index (χ0v) is 9.48. The lowest BCUT2D eigenvalue weighted by molar-refractivity contribution is 0.147. The van der Waals surface area contributed by atoms with Crippen molar-refractivity contribution in [1.29, 1.82) is 5.41 Å². The lowest BCUT2D eigenvalue weighted by atomic mass is 10.0. The molecule has 1 aliphatic carbocycles. The highest BCUT2D eigenvalue weighted by Gasteiger charge is 2.35. The van der Waals surface area contributed by atoms with Gasteiger partial charge in [0.1, 0.15) is 6.61 Å². The van der Waals surface area contributed by atoms with Gasteiger partial charge in [0.05, 0.1) is 12.6 Å². The van der Waals surface area contributed by atoms with Crippen LogP contribution in [0.2, 0.25) is 0 Å². The molecule has 4 nitrogen and oxygen atoms in total. The number of benzene rings is 1. The number of carbonyl (C=O) groups excluding carboxylic acids is 1. The van der Waals surface area contributed by atoms with E-state index in [2.05, 4.69) is 6.07 Å². The molecule has 1 aromatic rings. The minimum absolute atomic E-state index is 0.139. The van der Waals surface area contributed by atoms with Crippen molar-refractivity contribution in [1.82, 2.24) is 4.90 Å². The van der Waals surface area contributed by atoms with Gasteiger partial charge in [0.2, 0.25) is 0 Å². The van der Waals surface area contributed by atoms with E-state index in [1.807, 2.05) is 12.1 Å². The smallest absolute Gasteiger partial charge is 0.410 e. The summed E-state index contributed by atoms with van der Waals surface area (Å²) < 4.78 is 4.99. The molecule has 0 aromatic heterocycles. The molecule has 0 bridgehead atoms. The molecule has 88 valence electrons. The molecule has 2 aliphatic rings. The van der Waals surface area contributed by atoms with Crippen LogP contribution < -0.4 is 0 Å². The molecule has 1 unspecified atom stereocenters. The summed E-state index contributed by atoms with van der Waals surface area (Å²) in [6, 6.07) is 6.11. The molecule has 4 heteroatoms. The second-order valence-corrected chi connectivity index (χ2v) is 4.42. The van der Waals surface area contributed by atoms with Gasteiger partial charge in [-0.2, -0.15) is 0 Å². The average Bonchev–Trinajstić information content (AvgIpc) is 2.94. The van der Waals surface area contributed by atoms with Gasteiger partial charge in [-0.15, -0.1) is 0 Å². The molecule has 1 atom stereocenters. The first-order valence-corrected chi connectivity index (χ1v) is 5.87. The molecular formula is C13H14N2O2. The van der Waals surface area contributed by atoms with Crippen LogP contribution in [0, 0.1) is 5.41 Å². The number of cyclic esters (lactones) is 1. The quantitative estimate of drug-likeness (QED) is 0.791. The molecule has 1 amide bonds. The number of amides is 1. The highest BCUT2D eigenvalue weighted by atomic mass is 16.6. The first-order chi connectivity index (χ1) is 8.31. The number of hydrogen-bond donors (Lipinski definition) is 1. The van der Waals surface area contributed by atoms with Gasteiger partial charge in [0.15, 0.2) is 0 Å². The van der Waals surface area contributed by atoms with Gasteiger partial charge >= 0.3 is 6.09 Å². The number of fused-ring (bicyclic) bond motifs is 1. The largest absolute Gasteiger partial charge is 0.448 e. The Bertz CT molecular complexity index is 484. The minimum Gasteiger partial charge on any atom is -0.448 e. The molecule has 0 saturated carbocycles. The normalized spacial score (nSPS) is 22.5. The van der Waals surface area contributed by atoms with E-state index in [0.717, 1.165) is 18.4 Å². The molecule has 17 heavy (non-hydrogen) atoms. The monoisotopic (exact) mass is 230 g/mol. The number of rotatable bonds is 2. The van der Waals surface area contributed by atoms with E-state index in [4.69, 9.17) is 10.1 Å². The summed E-state index contributed by atoms with van der Waals surface area (Å²) in [7, 11) is 0. The van der Waals surface area contributed by atoms with Crippen molar-refractivity contribution in [3.05, 3.63) is 34.9 Å². The van der Waals surface area contributed by atoms with Crippen molar-refractivity contribution in [2.75, 3.05) is 13.2 Å². The van der Waals surface area contributed by atoms with Crippen LogP contribution in [0.1, 0.15) is 29.2 Å². The first kappa shape index (κ1) is 10.3. The predicted octanol–water partition coefficient (Wildman–Crippen LogP) is 2.12. The topological polar surface area (TPSA) is 53.4 Å². The number of nitrogens with one attached hydrogen (secondary N) is 1. The lowest BCUT2D eigenvalue weighted by Crippen LogP contribution is -2.28. The fraction of sp³-hybridized carbons (Fsp3) is 0.385. The Morgan fingerprint density at radius 3 is 3.06 bits per heavy atom. The first-order valence-electron chi connectivity index (χ1n) is 5.87. The molecule has 1 N–H and O–H groups in total. The van der Waals surface area contributed by atoms with Gasteiger partial charge in [-0.1, -0.05) is 18.2 Å². The second kappa shape index (κ2) is 3.87. The van der Waals surface area contributed by atoms with Crippen LogP contribution in [0.25, 0.3) is 0 Å². The standard InChI is InChI=1S/C13H14N2O2/c14-8-9-2-1-3-11-10(9)4-5-12(11)15-6-7-17-13(15)16/h1-3,8,12,14H,4-7H2. The van der Waals surface area contributed by atoms with Gasteiger partial charge in [0, 0.05) is 6.21 Å². The van der Waals surface area contributed by atoms with E-state index in [1.165, 1.54) is 17.3 Å². The van der Waals surface area contributed by atoms with Crippen molar-refractivity contribution in [3.8, 4) is 0 Å². The van der Waals surface area contributed by atoms with Gasteiger partial charge in [-0.3, -0.25) is 4.90 Å². The zero-order valence-electron chi connectivity index (χ0n) is 9.48. The van der Waals surface area contributed by atoms with E-state index >= 15 is 0 Å². The Hall–Kier alpha value is -1.84. The molecule has 1 aromatic carbocycles. The van der Waals surface area contributed by atoms with Crippen LogP contribution in [0.3, 0.4) is 0 Å². The van der Waals surface area contributed by atoms with E-state index < -0.39 is 0 Å². The molecule has 0 radical (unpaired) electrons. The van der Waals surface area contributed by atoms with E-state index in [9.17, 15) is 4.79 Å². The summed E-state index contributed by atoms with van der Waals surface area (Å²) in [4.78, 5) is 13.4. The van der Waals surface area contributed by atoms with Crippen molar-refractivity contribution in [2.24, 2.45) is 0 Å². The summed E-state index contributed by atoms with van der Waals surface area (Å²) >= 11 is 0. The maximum Gasteiger partial charge on any atom is 0.410 e. The van der Waals surface area contributed by atoms with Gasteiger partial charge in [-0.05, 0) is 29.5 Å². The third-order valence-electron chi connectivity index (χ3n) is 3.60. The summed E-state index contributed by atoms with van der Waals surface area (Å²) in [6.07, 6.45) is 3.07. The van der Waals surface area contributed by atoms with Crippen molar-refractivity contribution in [2.45, 2.75) is 18.9 Å². The highest BCUT2D eigenvalue weighted by molar-refractivity contribution is 5.80. The molecule has 3 rings (SSSR count). The number of nitrogens with zero attached hydrogens (tertiary/aromatic N) is 1. The Morgan fingerprint density at radius 1 is 1.47 bits per heavy atom. The van der Waals surface area contributed by atoms with Crippen molar-refractivity contribution < 1.29 is 9.53 Å². The highest BCUT2D eigenvalue weighted by Crippen LogP contribution is 2.38. The predicted molar refractivity (Wildman–Crippen MR) is 63.4 cm³/mol. The molecule has 1 heterocycles. The third kappa shape index (κ3) is 1.52. The molecular weight excluding hydrogens is 216 g/mol. The van der Waals surface area contributed by atoms with Crippen LogP contribution in [0.15, 0.2) is 18.2 Å². The van der Waals surface area contributed by atoms with Gasteiger partial charge in [-0.25, -0.2) is 4.79 Å². The van der Waals surface area contributed by atoms with Crippen LogP contribution >= 0.6 is 0 Å². The van der Waals surface area contributed by atoms with Crippen LogP contribution in [0.4, 0.5) is 4.79 Å². The maximum atomic E-state index is 11.6. The van der Waals surface area contributed by atoms with Crippen molar-refractivity contribution >= 4 is 12.3 Å². The van der Waals surface area contributed by atoms with Crippen molar-refractivity contribution in [3.63, 3.8) is 0 Å². The molecule has 0 spiro atoms. The summed E-state index contributed by atoms with van der Waals surface area (Å²) in [5, 5.41) is 7.40. The molecule has 1 fully saturated rings. The Kier molecular flexibility index (Phi) is 2.35. The minimum atomic E-state index is -0.205. The zero-order chi connectivity index (χ0) is 11.8. The van der Waals surface area contributed by atoms with E-state index in [1.54, 1.807) is 4.90 Å². The van der Waals surface area contributed by atoms with E-state index in [-0.39, 0.29) is 12.1 Å². The summed E-state index contributed by atoms with van der Waals surface area (Å²) in [6.45, 7) is 1.17. The number of hydrogen-bond acceptors (Lipinski definition) is 3. The Balaban J connectivity index is 1.98. The average molecular weight is 230 g/mol. The lowest BCUT2D eigenvalue weighted by Gasteiger charge is -2.22. The molecule has 1 aliphatic heterocycles. The third-order valence-corrected chi connectivity index (χ3v) is 3.60. The second-order valence-electron chi connectivity index (χ2n) is 4.42. The molecule has 1 saturated heterocycles. The number of carbonyl (C=O) groups is 1. The van der Waals surface area contributed by atoms with Gasteiger partial charge < -0.3 is 10.1 Å². The maximum absolute atomic E-state index is 11.6. The summed E-state index contributed by atoms with van der Waals surface area (Å²) in [5.41, 5.74) is 3.37. The van der Waals surface area contributed by atoms with Crippen LogP contribution in [-0.2, 0) is 11.2 Å². The van der Waals surface area contributed by atoms with E-state index in [0.29, 0.717) is 13.2 Å². The Labute approximate surface area is 99.7 Å². The Morgan fingerprint density at radius 2 is 2.35 bits per heavy atom. The fourth-order valence-electron chi connectivity index (χ4n) is 2.81. The fourth-order valence-corrected chi connectivity index (χ4v) is 2.81. The number of ether oxygens (including phenoxy) is 1. The van der Waals surface area contributed by atoms with Gasteiger partial charge in [0.25, 0.3) is 0 Å². The van der Waals surface area contributed by atoms with Crippen LogP contribution in [-0.4, -0.2) is 30.4 Å². The SMILES string of the molecule is N=Cc1cccc2c1CCC2N1CCOC1=O. The van der Waals surface area contributed by atoms with Crippen LogP contribution in [0.5, 0.6) is 0 Å². The summed E-state index contributed by atoms with van der Waals surface area (Å²) in [5.74, 6) is 0.